The van der Waals surface area contributed by atoms with E-state index in [1.54, 1.807) is 0 Å². The van der Waals surface area contributed by atoms with E-state index in [2.05, 4.69) is 181 Å². The fourth-order valence-electron chi connectivity index (χ4n) is 9.03. The molecular formula is C49H31NO. The highest BCUT2D eigenvalue weighted by atomic mass is 16.3. The molecule has 238 valence electrons. The molecule has 0 amide bonds. The van der Waals surface area contributed by atoms with E-state index in [0.29, 0.717) is 0 Å². The highest BCUT2D eigenvalue weighted by molar-refractivity contribution is 6.07. The lowest BCUT2D eigenvalue weighted by Gasteiger charge is -2.32. The Labute approximate surface area is 296 Å². The van der Waals surface area contributed by atoms with Crippen LogP contribution >= 0.6 is 0 Å². The van der Waals surface area contributed by atoms with Crippen LogP contribution in [0.2, 0.25) is 0 Å². The topological polar surface area (TPSA) is 16.4 Å². The summed E-state index contributed by atoms with van der Waals surface area (Å²) in [7, 11) is 0. The predicted molar refractivity (Wildman–Crippen MR) is 210 cm³/mol. The summed E-state index contributed by atoms with van der Waals surface area (Å²) in [5, 5.41) is 2.26. The van der Waals surface area contributed by atoms with E-state index in [1.165, 1.54) is 44.5 Å². The molecule has 0 radical (unpaired) electrons. The number of benzene rings is 8. The molecule has 2 aliphatic carbocycles. The minimum atomic E-state index is -0.412. The van der Waals surface area contributed by atoms with Crippen molar-refractivity contribution in [3.8, 4) is 33.4 Å². The summed E-state index contributed by atoms with van der Waals surface area (Å²) in [6, 6.07) is 68.5. The van der Waals surface area contributed by atoms with Crippen LogP contribution in [0.25, 0.3) is 55.3 Å². The average molecular weight is 650 g/mol. The molecule has 1 spiro atoms. The first-order chi connectivity index (χ1) is 25.3. The van der Waals surface area contributed by atoms with Crippen LogP contribution in [0.5, 0.6) is 0 Å². The Kier molecular flexibility index (Phi) is 5.91. The zero-order valence-electron chi connectivity index (χ0n) is 27.8. The molecule has 1 aromatic heterocycles. The number of furan rings is 1. The Morgan fingerprint density at radius 3 is 1.61 bits per heavy atom. The molecule has 0 unspecified atom stereocenters. The molecule has 0 N–H and O–H groups in total. The molecule has 8 aromatic carbocycles. The maximum Gasteiger partial charge on any atom is 0.135 e. The molecule has 2 aliphatic rings. The maximum atomic E-state index is 6.21. The van der Waals surface area contributed by atoms with E-state index < -0.39 is 5.41 Å². The minimum Gasteiger partial charge on any atom is -0.456 e. The smallest absolute Gasteiger partial charge is 0.135 e. The number of para-hydroxylation sites is 3. The first-order valence-corrected chi connectivity index (χ1v) is 17.6. The molecule has 0 bridgehead atoms. The first-order valence-electron chi connectivity index (χ1n) is 17.6. The van der Waals surface area contributed by atoms with Gasteiger partial charge in [0.2, 0.25) is 0 Å². The van der Waals surface area contributed by atoms with Gasteiger partial charge in [-0.15, -0.1) is 0 Å². The average Bonchev–Trinajstić information content (AvgIpc) is 3.82. The summed E-state index contributed by atoms with van der Waals surface area (Å²) < 4.78 is 6.21. The third kappa shape index (κ3) is 3.87. The number of fused-ring (bicyclic) bond motifs is 13. The molecule has 0 fully saturated rings. The molecule has 2 nitrogen and oxygen atoms in total. The summed E-state index contributed by atoms with van der Waals surface area (Å²) in [5.74, 6) is 0. The summed E-state index contributed by atoms with van der Waals surface area (Å²) in [5.41, 5.74) is 17.6. The molecule has 11 rings (SSSR count). The Balaban J connectivity index is 1.17. The van der Waals surface area contributed by atoms with Crippen LogP contribution in [0.4, 0.5) is 17.1 Å². The van der Waals surface area contributed by atoms with E-state index >= 15 is 0 Å². The van der Waals surface area contributed by atoms with Gasteiger partial charge < -0.3 is 9.32 Å². The molecule has 0 atom stereocenters. The van der Waals surface area contributed by atoms with Crippen molar-refractivity contribution in [3.63, 3.8) is 0 Å². The van der Waals surface area contributed by atoms with Gasteiger partial charge >= 0.3 is 0 Å². The van der Waals surface area contributed by atoms with Gasteiger partial charge in [0.05, 0.1) is 11.1 Å². The van der Waals surface area contributed by atoms with Crippen LogP contribution in [0.15, 0.2) is 192 Å². The van der Waals surface area contributed by atoms with E-state index in [4.69, 9.17) is 4.42 Å². The lowest BCUT2D eigenvalue weighted by Crippen LogP contribution is -2.26. The van der Waals surface area contributed by atoms with Gasteiger partial charge in [0.15, 0.2) is 0 Å². The van der Waals surface area contributed by atoms with E-state index in [9.17, 15) is 0 Å². The van der Waals surface area contributed by atoms with Gasteiger partial charge in [-0.1, -0.05) is 140 Å². The molecule has 1 heterocycles. The van der Waals surface area contributed by atoms with Crippen LogP contribution < -0.4 is 4.90 Å². The quantitative estimate of drug-likeness (QED) is 0.189. The maximum absolute atomic E-state index is 6.21. The molecule has 9 aromatic rings. The van der Waals surface area contributed by atoms with Crippen LogP contribution in [0.1, 0.15) is 22.3 Å². The lowest BCUT2D eigenvalue weighted by atomic mass is 9.70. The molecule has 0 saturated heterocycles. The number of hydrogen-bond donors (Lipinski definition) is 0. The van der Waals surface area contributed by atoms with Crippen LogP contribution in [0, 0.1) is 0 Å². The lowest BCUT2D eigenvalue weighted by molar-refractivity contribution is 0.669. The molecule has 0 saturated carbocycles. The minimum absolute atomic E-state index is 0.412. The van der Waals surface area contributed by atoms with Crippen LogP contribution in [0.3, 0.4) is 0 Å². The Bertz CT molecular complexity index is 2760. The molecule has 2 heteroatoms. The second-order valence-corrected chi connectivity index (χ2v) is 13.6. The van der Waals surface area contributed by atoms with Crippen molar-refractivity contribution in [1.82, 2.24) is 0 Å². The standard InChI is InChI=1S/C49H31NO/c1-2-14-33(15-3-1)50(46-24-12-7-16-35(46)32-26-29-48-41(30-32)40-20-8-13-25-47(40)51-48)34-27-28-39-38-19-6-11-23-44(38)49(45(39)31-34)42-21-9-4-17-36(42)37-18-5-10-22-43(37)49/h1-31H. The summed E-state index contributed by atoms with van der Waals surface area (Å²) >= 11 is 0. The number of rotatable bonds is 4. The Morgan fingerprint density at radius 2 is 0.902 bits per heavy atom. The molecule has 51 heavy (non-hydrogen) atoms. The summed E-state index contributed by atoms with van der Waals surface area (Å²) in [6.07, 6.45) is 0. The number of hydrogen-bond acceptors (Lipinski definition) is 2. The van der Waals surface area contributed by atoms with Gasteiger partial charge in [0.25, 0.3) is 0 Å². The van der Waals surface area contributed by atoms with E-state index in [0.717, 1.165) is 50.1 Å². The monoisotopic (exact) mass is 649 g/mol. The van der Waals surface area contributed by atoms with Gasteiger partial charge in [-0.05, 0) is 98.6 Å². The highest BCUT2D eigenvalue weighted by Gasteiger charge is 2.51. The largest absolute Gasteiger partial charge is 0.456 e. The van der Waals surface area contributed by atoms with Gasteiger partial charge in [-0.3, -0.25) is 0 Å². The van der Waals surface area contributed by atoms with Crippen molar-refractivity contribution in [1.29, 1.82) is 0 Å². The van der Waals surface area contributed by atoms with E-state index in [-0.39, 0.29) is 0 Å². The van der Waals surface area contributed by atoms with Crippen LogP contribution in [-0.4, -0.2) is 0 Å². The van der Waals surface area contributed by atoms with Crippen molar-refractivity contribution in [2.75, 3.05) is 4.90 Å². The van der Waals surface area contributed by atoms with Crippen LogP contribution in [-0.2, 0) is 5.41 Å². The number of anilines is 3. The summed E-state index contributed by atoms with van der Waals surface area (Å²) in [4.78, 5) is 2.43. The molecular weight excluding hydrogens is 619 g/mol. The number of nitrogens with zero attached hydrogens (tertiary/aromatic N) is 1. The molecule has 0 aliphatic heterocycles. The fourth-order valence-corrected chi connectivity index (χ4v) is 9.03. The second kappa shape index (κ2) is 10.7. The van der Waals surface area contributed by atoms with Gasteiger partial charge in [0, 0.05) is 27.7 Å². The predicted octanol–water partition coefficient (Wildman–Crippen LogP) is 13.1. The Hall–Kier alpha value is -6.64. The Morgan fingerprint density at radius 1 is 0.353 bits per heavy atom. The van der Waals surface area contributed by atoms with Crippen molar-refractivity contribution >= 4 is 39.0 Å². The first kappa shape index (κ1) is 28.2. The zero-order chi connectivity index (χ0) is 33.5. The van der Waals surface area contributed by atoms with Crippen molar-refractivity contribution < 1.29 is 4.42 Å². The summed E-state index contributed by atoms with van der Waals surface area (Å²) in [6.45, 7) is 0. The van der Waals surface area contributed by atoms with E-state index in [1.807, 2.05) is 12.1 Å². The highest BCUT2D eigenvalue weighted by Crippen LogP contribution is 2.63. The van der Waals surface area contributed by atoms with Gasteiger partial charge in [-0.25, -0.2) is 0 Å². The zero-order valence-corrected chi connectivity index (χ0v) is 27.8. The van der Waals surface area contributed by atoms with Crippen molar-refractivity contribution in [2.24, 2.45) is 0 Å². The van der Waals surface area contributed by atoms with Crippen molar-refractivity contribution in [2.45, 2.75) is 5.41 Å². The normalized spacial score (nSPS) is 13.3. The van der Waals surface area contributed by atoms with Gasteiger partial charge in [0.1, 0.15) is 11.2 Å². The second-order valence-electron chi connectivity index (χ2n) is 13.6. The third-order valence-corrected chi connectivity index (χ3v) is 11.1. The van der Waals surface area contributed by atoms with Gasteiger partial charge in [-0.2, -0.15) is 0 Å². The fraction of sp³-hybridized carbons (Fsp3) is 0.0204. The third-order valence-electron chi connectivity index (χ3n) is 11.1. The van der Waals surface area contributed by atoms with Crippen molar-refractivity contribution in [3.05, 3.63) is 210 Å². The SMILES string of the molecule is c1ccc(N(c2ccc3c(c2)C2(c4ccccc4-c4ccccc42)c2ccccc2-3)c2ccccc2-c2ccc3oc4ccccc4c3c2)cc1.